The lowest BCUT2D eigenvalue weighted by atomic mass is 10.1. The number of rotatable bonds is 4. The van der Waals surface area contributed by atoms with E-state index in [2.05, 4.69) is 22.0 Å². The van der Waals surface area contributed by atoms with Gasteiger partial charge in [-0.3, -0.25) is 0 Å². The van der Waals surface area contributed by atoms with Gasteiger partial charge in [0.2, 0.25) is 0 Å². The highest BCUT2D eigenvalue weighted by molar-refractivity contribution is 8.02. The van der Waals surface area contributed by atoms with Crippen LogP contribution in [0.4, 0.5) is 0 Å². The maximum absolute atomic E-state index is 3.20. The van der Waals surface area contributed by atoms with E-state index >= 15 is 0 Å². The van der Waals surface area contributed by atoms with Crippen LogP contribution in [0.25, 0.3) is 0 Å². The molecule has 2 atom stereocenters. The number of fused-ring (bicyclic) bond motifs is 2. The fourth-order valence-corrected chi connectivity index (χ4v) is 3.57. The van der Waals surface area contributed by atoms with E-state index in [1.165, 1.54) is 39.0 Å². The molecule has 0 amide bonds. The van der Waals surface area contributed by atoms with Crippen LogP contribution in [0.15, 0.2) is 0 Å². The predicted octanol–water partition coefficient (Wildman–Crippen LogP) is 0.786. The average Bonchev–Trinajstić information content (AvgIpc) is 2.04. The van der Waals surface area contributed by atoms with E-state index in [9.17, 15) is 0 Å². The quantitative estimate of drug-likeness (QED) is 0.653. The molecule has 2 bridgehead atoms. The van der Waals surface area contributed by atoms with Gasteiger partial charge >= 0.3 is 0 Å². The van der Waals surface area contributed by atoms with E-state index in [4.69, 9.17) is 0 Å². The smallest absolute Gasteiger partial charge is 0.0189 e. The minimum Gasteiger partial charge on any atom is -0.320 e. The molecule has 0 aromatic rings. The molecule has 3 saturated heterocycles. The standard InChI is InChI=1S/C9H18N2S/c1-10-3-2-4-11-6-8-5-9(7-11)12-8/h8-10H,2-7H2,1H3. The third-order valence-corrected chi connectivity index (χ3v) is 4.19. The Bertz CT molecular complexity index is 135. The van der Waals surface area contributed by atoms with Crippen molar-refractivity contribution in [2.24, 2.45) is 0 Å². The second kappa shape index (κ2) is 3.99. The van der Waals surface area contributed by atoms with Crippen molar-refractivity contribution in [3.63, 3.8) is 0 Å². The van der Waals surface area contributed by atoms with Gasteiger partial charge in [0.1, 0.15) is 0 Å². The molecule has 2 nitrogen and oxygen atoms in total. The molecule has 3 heterocycles. The fourth-order valence-electron chi connectivity index (χ4n) is 2.10. The molecule has 70 valence electrons. The molecule has 3 fully saturated rings. The summed E-state index contributed by atoms with van der Waals surface area (Å²) in [5.74, 6) is 0. The third kappa shape index (κ3) is 1.95. The molecule has 3 aliphatic heterocycles. The average molecular weight is 186 g/mol. The summed E-state index contributed by atoms with van der Waals surface area (Å²) in [5.41, 5.74) is 0. The molecular weight excluding hydrogens is 168 g/mol. The van der Waals surface area contributed by atoms with E-state index in [-0.39, 0.29) is 0 Å². The Kier molecular flexibility index (Phi) is 2.94. The molecule has 0 aliphatic carbocycles. The summed E-state index contributed by atoms with van der Waals surface area (Å²) < 4.78 is 0. The van der Waals surface area contributed by atoms with Gasteiger partial charge in [-0.2, -0.15) is 11.8 Å². The van der Waals surface area contributed by atoms with Crippen molar-refractivity contribution in [2.45, 2.75) is 23.3 Å². The van der Waals surface area contributed by atoms with Crippen LogP contribution in [-0.4, -0.2) is 48.6 Å². The van der Waals surface area contributed by atoms with Gasteiger partial charge < -0.3 is 10.2 Å². The van der Waals surface area contributed by atoms with E-state index < -0.39 is 0 Å². The van der Waals surface area contributed by atoms with Crippen molar-refractivity contribution < 1.29 is 0 Å². The van der Waals surface area contributed by atoms with Crippen LogP contribution in [0.3, 0.4) is 0 Å². The molecule has 0 aromatic heterocycles. The lowest BCUT2D eigenvalue weighted by Crippen LogP contribution is -2.51. The monoisotopic (exact) mass is 186 g/mol. The van der Waals surface area contributed by atoms with Crippen LogP contribution in [0.5, 0.6) is 0 Å². The maximum Gasteiger partial charge on any atom is 0.0189 e. The topological polar surface area (TPSA) is 15.3 Å². The summed E-state index contributed by atoms with van der Waals surface area (Å²) in [4.78, 5) is 2.63. The SMILES string of the molecule is CNCCCN1CC2CC(C1)S2. The van der Waals surface area contributed by atoms with E-state index in [0.29, 0.717) is 0 Å². The van der Waals surface area contributed by atoms with Gasteiger partial charge in [0.05, 0.1) is 0 Å². The first kappa shape index (κ1) is 8.85. The number of nitrogens with one attached hydrogen (secondary N) is 1. The Morgan fingerprint density at radius 2 is 2.08 bits per heavy atom. The molecular formula is C9H18N2S. The first-order chi connectivity index (χ1) is 5.88. The van der Waals surface area contributed by atoms with Gasteiger partial charge in [0, 0.05) is 23.6 Å². The van der Waals surface area contributed by atoms with E-state index in [1.807, 2.05) is 7.05 Å². The highest BCUT2D eigenvalue weighted by atomic mass is 32.2. The van der Waals surface area contributed by atoms with Crippen molar-refractivity contribution in [2.75, 3.05) is 33.2 Å². The summed E-state index contributed by atoms with van der Waals surface area (Å²) in [5, 5.41) is 5.17. The first-order valence-electron chi connectivity index (χ1n) is 4.91. The minimum absolute atomic E-state index is 0.985. The summed E-state index contributed by atoms with van der Waals surface area (Å²) in [6.07, 6.45) is 2.80. The van der Waals surface area contributed by atoms with Crippen LogP contribution in [0, 0.1) is 0 Å². The van der Waals surface area contributed by atoms with Crippen LogP contribution in [-0.2, 0) is 0 Å². The number of piperidine rings is 1. The van der Waals surface area contributed by atoms with Gasteiger partial charge in [-0.1, -0.05) is 0 Å². The molecule has 0 saturated carbocycles. The zero-order chi connectivity index (χ0) is 8.39. The lowest BCUT2D eigenvalue weighted by Gasteiger charge is -2.46. The zero-order valence-corrected chi connectivity index (χ0v) is 8.57. The maximum atomic E-state index is 3.20. The molecule has 12 heavy (non-hydrogen) atoms. The second-order valence-corrected chi connectivity index (χ2v) is 5.44. The van der Waals surface area contributed by atoms with Gasteiger partial charge in [-0.25, -0.2) is 0 Å². The van der Waals surface area contributed by atoms with Gasteiger partial charge in [0.25, 0.3) is 0 Å². The Balaban J connectivity index is 1.62. The van der Waals surface area contributed by atoms with Gasteiger partial charge in [-0.15, -0.1) is 0 Å². The predicted molar refractivity (Wildman–Crippen MR) is 54.8 cm³/mol. The van der Waals surface area contributed by atoms with Crippen molar-refractivity contribution >= 4 is 11.8 Å². The fraction of sp³-hybridized carbons (Fsp3) is 1.00. The highest BCUT2D eigenvalue weighted by Gasteiger charge is 2.37. The molecule has 1 N–H and O–H groups in total. The summed E-state index contributed by atoms with van der Waals surface area (Å²) in [7, 11) is 2.03. The molecule has 0 radical (unpaired) electrons. The third-order valence-electron chi connectivity index (χ3n) is 2.74. The van der Waals surface area contributed by atoms with Crippen LogP contribution < -0.4 is 5.32 Å². The molecule has 0 aromatic carbocycles. The number of thioether (sulfide) groups is 1. The zero-order valence-electron chi connectivity index (χ0n) is 7.75. The number of hydrogen-bond acceptors (Lipinski definition) is 3. The van der Waals surface area contributed by atoms with Crippen LogP contribution in [0.1, 0.15) is 12.8 Å². The Morgan fingerprint density at radius 1 is 1.42 bits per heavy atom. The van der Waals surface area contributed by atoms with Crippen LogP contribution >= 0.6 is 11.8 Å². The molecule has 2 unspecified atom stereocenters. The van der Waals surface area contributed by atoms with Crippen molar-refractivity contribution in [1.82, 2.24) is 10.2 Å². The van der Waals surface area contributed by atoms with Gasteiger partial charge in [-0.05, 0) is 33.0 Å². The first-order valence-corrected chi connectivity index (χ1v) is 5.85. The Labute approximate surface area is 79.1 Å². The van der Waals surface area contributed by atoms with Crippen molar-refractivity contribution in [3.8, 4) is 0 Å². The Hall–Kier alpha value is 0.270. The van der Waals surface area contributed by atoms with Crippen molar-refractivity contribution in [3.05, 3.63) is 0 Å². The molecule has 3 heteroatoms. The number of nitrogens with zero attached hydrogens (tertiary/aromatic N) is 1. The second-order valence-electron chi connectivity index (χ2n) is 3.83. The number of hydrogen-bond donors (Lipinski definition) is 1. The van der Waals surface area contributed by atoms with E-state index in [1.54, 1.807) is 0 Å². The summed E-state index contributed by atoms with van der Waals surface area (Å²) in [6, 6.07) is 0. The highest BCUT2D eigenvalue weighted by Crippen LogP contribution is 2.41. The molecule has 3 rings (SSSR count). The normalized spacial score (nSPS) is 34.8. The lowest BCUT2D eigenvalue weighted by molar-refractivity contribution is 0.220. The van der Waals surface area contributed by atoms with Gasteiger partial charge in [0.15, 0.2) is 0 Å². The van der Waals surface area contributed by atoms with E-state index in [0.717, 1.165) is 10.5 Å². The molecule has 3 aliphatic rings. The minimum atomic E-state index is 0.985. The van der Waals surface area contributed by atoms with Crippen molar-refractivity contribution in [1.29, 1.82) is 0 Å². The summed E-state index contributed by atoms with van der Waals surface area (Å²) in [6.45, 7) is 5.17. The molecule has 0 spiro atoms. The largest absolute Gasteiger partial charge is 0.320 e. The summed E-state index contributed by atoms with van der Waals surface area (Å²) >= 11 is 2.20. The van der Waals surface area contributed by atoms with Crippen LogP contribution in [0.2, 0.25) is 0 Å². The Morgan fingerprint density at radius 3 is 2.67 bits per heavy atom.